The van der Waals surface area contributed by atoms with Crippen molar-refractivity contribution in [3.8, 4) is 0 Å². The summed E-state index contributed by atoms with van der Waals surface area (Å²) in [4.78, 5) is 89.1. The molecule has 3 rings (SSSR count). The van der Waals surface area contributed by atoms with E-state index in [1.807, 2.05) is 0 Å². The number of carbonyl (C=O) groups is 7. The third-order valence-electron chi connectivity index (χ3n) is 7.09. The SMILES string of the molecule is CC(C)C(OC(=O)CCCCCNC(=O)C1CCC(CN2C(=O)C=CC2=O)CC1)OC(=O)ON1C(=O)CCC1=O. The van der Waals surface area contributed by atoms with Crippen LogP contribution in [0.4, 0.5) is 4.79 Å². The van der Waals surface area contributed by atoms with Crippen molar-refractivity contribution in [3.63, 3.8) is 0 Å². The zero-order chi connectivity index (χ0) is 29.2. The summed E-state index contributed by atoms with van der Waals surface area (Å²) in [5.41, 5.74) is 0. The lowest BCUT2D eigenvalue weighted by Gasteiger charge is -2.30. The summed E-state index contributed by atoms with van der Waals surface area (Å²) >= 11 is 0. The summed E-state index contributed by atoms with van der Waals surface area (Å²) in [6.45, 7) is 4.21. The summed E-state index contributed by atoms with van der Waals surface area (Å²) in [7, 11) is 0. The maximum atomic E-state index is 12.5. The number of hydrogen-bond donors (Lipinski definition) is 1. The molecule has 2 fully saturated rings. The predicted molar refractivity (Wildman–Crippen MR) is 136 cm³/mol. The quantitative estimate of drug-likeness (QED) is 0.152. The summed E-state index contributed by atoms with van der Waals surface area (Å²) in [5, 5.41) is 3.29. The van der Waals surface area contributed by atoms with E-state index in [1.54, 1.807) is 13.8 Å². The van der Waals surface area contributed by atoms with Gasteiger partial charge in [-0.2, -0.15) is 0 Å². The Morgan fingerprint density at radius 1 is 0.900 bits per heavy atom. The zero-order valence-corrected chi connectivity index (χ0v) is 22.9. The van der Waals surface area contributed by atoms with E-state index >= 15 is 0 Å². The van der Waals surface area contributed by atoms with Gasteiger partial charge in [0.25, 0.3) is 29.9 Å². The highest BCUT2D eigenvalue weighted by atomic mass is 16.9. The smallest absolute Gasteiger partial charge is 0.425 e. The van der Waals surface area contributed by atoms with Crippen LogP contribution in [0.15, 0.2) is 12.2 Å². The second-order valence-electron chi connectivity index (χ2n) is 10.6. The molecule has 0 bridgehead atoms. The Hall–Kier alpha value is -3.77. The van der Waals surface area contributed by atoms with Crippen LogP contribution < -0.4 is 5.32 Å². The van der Waals surface area contributed by atoms with E-state index in [1.165, 1.54) is 17.1 Å². The van der Waals surface area contributed by atoms with Gasteiger partial charge >= 0.3 is 12.1 Å². The molecule has 40 heavy (non-hydrogen) atoms. The average molecular weight is 564 g/mol. The molecule has 13 heteroatoms. The summed E-state index contributed by atoms with van der Waals surface area (Å²) in [6.07, 6.45) is 4.84. The number of ether oxygens (including phenoxy) is 2. The number of nitrogens with zero attached hydrogens (tertiary/aromatic N) is 2. The fraction of sp³-hybridized carbons (Fsp3) is 0.667. The van der Waals surface area contributed by atoms with Crippen molar-refractivity contribution in [2.75, 3.05) is 13.1 Å². The van der Waals surface area contributed by atoms with Gasteiger partial charge in [0.1, 0.15) is 0 Å². The monoisotopic (exact) mass is 563 g/mol. The molecule has 0 radical (unpaired) electrons. The van der Waals surface area contributed by atoms with Gasteiger partial charge in [0.2, 0.25) is 5.91 Å². The van der Waals surface area contributed by atoms with Crippen LogP contribution in [-0.4, -0.2) is 71.0 Å². The van der Waals surface area contributed by atoms with Crippen molar-refractivity contribution in [1.82, 2.24) is 15.3 Å². The molecule has 0 aromatic rings. The van der Waals surface area contributed by atoms with Crippen LogP contribution in [-0.2, 0) is 43.1 Å². The maximum absolute atomic E-state index is 12.5. The van der Waals surface area contributed by atoms with E-state index in [9.17, 15) is 33.6 Å². The second-order valence-corrected chi connectivity index (χ2v) is 10.6. The van der Waals surface area contributed by atoms with Crippen LogP contribution in [0.2, 0.25) is 0 Å². The van der Waals surface area contributed by atoms with Crippen molar-refractivity contribution in [2.45, 2.75) is 84.3 Å². The number of hydroxylamine groups is 2. The van der Waals surface area contributed by atoms with Gasteiger partial charge in [0, 0.05) is 56.3 Å². The predicted octanol–water partition coefficient (Wildman–Crippen LogP) is 2.14. The molecule has 0 spiro atoms. The van der Waals surface area contributed by atoms with Crippen LogP contribution in [0.5, 0.6) is 0 Å². The van der Waals surface area contributed by atoms with E-state index in [-0.39, 0.29) is 48.8 Å². The van der Waals surface area contributed by atoms with Crippen molar-refractivity contribution < 1.29 is 47.9 Å². The fourth-order valence-electron chi connectivity index (χ4n) is 4.74. The molecule has 2 aliphatic heterocycles. The molecular formula is C27H37N3O10. The number of carbonyl (C=O) groups excluding carboxylic acids is 7. The third-order valence-corrected chi connectivity index (χ3v) is 7.09. The van der Waals surface area contributed by atoms with Crippen LogP contribution in [0.1, 0.15) is 78.1 Å². The van der Waals surface area contributed by atoms with E-state index < -0.39 is 36.1 Å². The molecular weight excluding hydrogens is 526 g/mol. The van der Waals surface area contributed by atoms with E-state index in [0.717, 1.165) is 12.8 Å². The van der Waals surface area contributed by atoms with Gasteiger partial charge in [-0.15, -0.1) is 0 Å². The molecule has 0 aromatic heterocycles. The highest BCUT2D eigenvalue weighted by molar-refractivity contribution is 6.12. The highest BCUT2D eigenvalue weighted by Gasteiger charge is 2.35. The second kappa shape index (κ2) is 14.6. The minimum Gasteiger partial charge on any atom is -0.425 e. The van der Waals surface area contributed by atoms with Crippen LogP contribution in [0, 0.1) is 17.8 Å². The third kappa shape index (κ3) is 8.88. The Kier molecular flexibility index (Phi) is 11.2. The van der Waals surface area contributed by atoms with Gasteiger partial charge in [0.15, 0.2) is 0 Å². The minimum absolute atomic E-state index is 0.00556. The minimum atomic E-state index is -1.31. The Morgan fingerprint density at radius 3 is 2.12 bits per heavy atom. The molecule has 1 aliphatic carbocycles. The van der Waals surface area contributed by atoms with Gasteiger partial charge in [-0.3, -0.25) is 38.5 Å². The van der Waals surface area contributed by atoms with Gasteiger partial charge in [-0.25, -0.2) is 4.79 Å². The van der Waals surface area contributed by atoms with E-state index in [2.05, 4.69) is 10.2 Å². The van der Waals surface area contributed by atoms with Crippen molar-refractivity contribution in [1.29, 1.82) is 0 Å². The number of imide groups is 2. The number of rotatable bonds is 13. The molecule has 3 aliphatic rings. The van der Waals surface area contributed by atoms with Crippen molar-refractivity contribution >= 4 is 41.7 Å². The first-order valence-electron chi connectivity index (χ1n) is 13.8. The van der Waals surface area contributed by atoms with Gasteiger partial charge < -0.3 is 14.8 Å². The van der Waals surface area contributed by atoms with Gasteiger partial charge in [-0.05, 0) is 44.4 Å². The fourth-order valence-corrected chi connectivity index (χ4v) is 4.74. The topological polar surface area (TPSA) is 166 Å². The normalized spacial score (nSPS) is 21.7. The first-order chi connectivity index (χ1) is 19.0. The lowest BCUT2D eigenvalue weighted by atomic mass is 9.81. The zero-order valence-electron chi connectivity index (χ0n) is 22.9. The Morgan fingerprint density at radius 2 is 1.52 bits per heavy atom. The summed E-state index contributed by atoms with van der Waals surface area (Å²) in [5.74, 6) is -2.70. The lowest BCUT2D eigenvalue weighted by Crippen LogP contribution is -2.38. The molecule has 13 nitrogen and oxygen atoms in total. The molecule has 5 amide bonds. The molecule has 1 atom stereocenters. The number of amides is 5. The van der Waals surface area contributed by atoms with Crippen LogP contribution >= 0.6 is 0 Å². The van der Waals surface area contributed by atoms with Gasteiger partial charge in [0.05, 0.1) is 0 Å². The van der Waals surface area contributed by atoms with Crippen molar-refractivity contribution in [2.24, 2.45) is 17.8 Å². The Bertz CT molecular complexity index is 998. The Labute approximate surface area is 232 Å². The largest absolute Gasteiger partial charge is 0.537 e. The number of unbranched alkanes of at least 4 members (excludes halogenated alkanes) is 2. The molecule has 1 unspecified atom stereocenters. The molecule has 1 saturated heterocycles. The van der Waals surface area contributed by atoms with E-state index in [0.29, 0.717) is 50.3 Å². The maximum Gasteiger partial charge on any atom is 0.537 e. The highest BCUT2D eigenvalue weighted by Crippen LogP contribution is 2.30. The number of nitrogens with one attached hydrogen (secondary N) is 1. The molecule has 1 N–H and O–H groups in total. The molecule has 2 heterocycles. The van der Waals surface area contributed by atoms with Crippen LogP contribution in [0.3, 0.4) is 0 Å². The Balaban J connectivity index is 1.25. The van der Waals surface area contributed by atoms with Gasteiger partial charge in [-0.1, -0.05) is 25.3 Å². The van der Waals surface area contributed by atoms with E-state index in [4.69, 9.17) is 9.47 Å². The van der Waals surface area contributed by atoms with Crippen molar-refractivity contribution in [3.05, 3.63) is 12.2 Å². The van der Waals surface area contributed by atoms with Crippen LogP contribution in [0.25, 0.3) is 0 Å². The lowest BCUT2D eigenvalue weighted by molar-refractivity contribution is -0.199. The first-order valence-corrected chi connectivity index (χ1v) is 13.8. The average Bonchev–Trinajstić information content (AvgIpc) is 3.40. The number of esters is 1. The molecule has 1 saturated carbocycles. The first kappa shape index (κ1) is 30.8. The summed E-state index contributed by atoms with van der Waals surface area (Å²) < 4.78 is 10.2. The summed E-state index contributed by atoms with van der Waals surface area (Å²) in [6, 6.07) is 0. The number of hydrogen-bond acceptors (Lipinski definition) is 10. The standard InChI is InChI=1S/C27H37N3O10/c1-17(2)26(39-27(37)40-30-22(33)13-14-23(30)34)38-24(35)6-4-3-5-15-28-25(36)19-9-7-18(8-10-19)16-29-20(31)11-12-21(29)32/h11-12,17-19,26H,3-10,13-16H2,1-2H3,(H,28,36). The molecule has 0 aromatic carbocycles. The molecule has 220 valence electrons.